The number of rotatable bonds is 0. The van der Waals surface area contributed by atoms with Crippen molar-refractivity contribution in [2.24, 2.45) is 5.41 Å². The highest BCUT2D eigenvalue weighted by Crippen LogP contribution is 2.34. The fraction of sp³-hybridized carbons (Fsp3) is 0.333. The van der Waals surface area contributed by atoms with E-state index in [-0.39, 0.29) is 11.8 Å². The molecule has 0 saturated heterocycles. The molecule has 0 N–H and O–H groups in total. The lowest BCUT2D eigenvalue weighted by Gasteiger charge is -2.41. The van der Waals surface area contributed by atoms with E-state index in [2.05, 4.69) is 6.07 Å². The van der Waals surface area contributed by atoms with Gasteiger partial charge in [0.1, 0.15) is 0 Å². The summed E-state index contributed by atoms with van der Waals surface area (Å²) in [6.45, 7) is 3.81. The maximum atomic E-state index is 11.7. The molecule has 76 valence electrons. The Bertz CT molecular complexity index is 435. The third kappa shape index (κ3) is 1.39. The van der Waals surface area contributed by atoms with Crippen molar-refractivity contribution in [3.63, 3.8) is 0 Å². The minimum absolute atomic E-state index is 0.0466. The first-order valence-corrected chi connectivity index (χ1v) is 4.86. The Balaban J connectivity index is 2.46. The minimum atomic E-state index is -0.471. The van der Waals surface area contributed by atoms with E-state index in [4.69, 9.17) is 5.26 Å². The average molecular weight is 200 g/mol. The largest absolute Gasteiger partial charge is 0.346 e. The van der Waals surface area contributed by atoms with Gasteiger partial charge in [-0.1, -0.05) is 13.8 Å². The zero-order valence-electron chi connectivity index (χ0n) is 8.77. The highest BCUT2D eigenvalue weighted by molar-refractivity contribution is 5.96. The van der Waals surface area contributed by atoms with Crippen LogP contribution in [0.3, 0.4) is 0 Å². The molecule has 0 radical (unpaired) electrons. The third-order valence-corrected chi connectivity index (χ3v) is 2.99. The lowest BCUT2D eigenvalue weighted by atomic mass is 9.76. The Morgan fingerprint density at radius 2 is 2.07 bits per heavy atom. The Hall–Kier alpha value is -1.82. The second kappa shape index (κ2) is 3.09. The van der Waals surface area contributed by atoms with E-state index >= 15 is 0 Å². The van der Waals surface area contributed by atoms with Crippen LogP contribution in [0.4, 0.5) is 0 Å². The van der Waals surface area contributed by atoms with Crippen LogP contribution in [0, 0.1) is 16.7 Å². The van der Waals surface area contributed by atoms with Gasteiger partial charge < -0.3 is 4.90 Å². The van der Waals surface area contributed by atoms with Gasteiger partial charge in [0.05, 0.1) is 23.1 Å². The molecule has 2 aliphatic heterocycles. The molecule has 0 aromatic rings. The molecule has 0 bridgehead atoms. The number of nitriles is 1. The normalized spacial score (nSPS) is 27.0. The molecule has 2 aliphatic rings. The van der Waals surface area contributed by atoms with Gasteiger partial charge in [-0.3, -0.25) is 4.79 Å². The predicted octanol–water partition coefficient (Wildman–Crippen LogP) is 1.76. The van der Waals surface area contributed by atoms with Crippen molar-refractivity contribution >= 4 is 5.78 Å². The standard InChI is InChI=1S/C12H12N2O/c1-12(2)10-7-9(8-13)3-5-14(10)6-4-11(12)15/h3-7,10H,1-2H3/t10-/m1/s1. The molecule has 0 aliphatic carbocycles. The summed E-state index contributed by atoms with van der Waals surface area (Å²) < 4.78 is 0. The number of carbonyl (C=O) groups excluding carboxylic acids is 1. The second-order valence-corrected chi connectivity index (χ2v) is 4.34. The van der Waals surface area contributed by atoms with Gasteiger partial charge in [-0.15, -0.1) is 0 Å². The van der Waals surface area contributed by atoms with Crippen molar-refractivity contribution in [3.05, 3.63) is 36.2 Å². The van der Waals surface area contributed by atoms with Gasteiger partial charge in [-0.25, -0.2) is 0 Å². The van der Waals surface area contributed by atoms with Gasteiger partial charge >= 0.3 is 0 Å². The summed E-state index contributed by atoms with van der Waals surface area (Å²) in [5, 5.41) is 8.83. The van der Waals surface area contributed by atoms with Crippen molar-refractivity contribution < 1.29 is 4.79 Å². The first-order valence-electron chi connectivity index (χ1n) is 4.86. The fourth-order valence-electron chi connectivity index (χ4n) is 1.88. The summed E-state index contributed by atoms with van der Waals surface area (Å²) in [5.74, 6) is 0.104. The van der Waals surface area contributed by atoms with E-state index in [0.29, 0.717) is 5.57 Å². The van der Waals surface area contributed by atoms with Crippen LogP contribution < -0.4 is 0 Å². The molecule has 0 fully saturated rings. The van der Waals surface area contributed by atoms with Gasteiger partial charge in [0.15, 0.2) is 5.78 Å². The van der Waals surface area contributed by atoms with Crippen LogP contribution in [0.15, 0.2) is 36.2 Å². The van der Waals surface area contributed by atoms with Gasteiger partial charge in [0.25, 0.3) is 0 Å². The van der Waals surface area contributed by atoms with Crippen LogP contribution >= 0.6 is 0 Å². The molecule has 3 nitrogen and oxygen atoms in total. The lowest BCUT2D eigenvalue weighted by molar-refractivity contribution is -0.124. The molecule has 2 rings (SSSR count). The lowest BCUT2D eigenvalue weighted by Crippen LogP contribution is -2.47. The van der Waals surface area contributed by atoms with Crippen LogP contribution in [-0.4, -0.2) is 16.7 Å². The van der Waals surface area contributed by atoms with Gasteiger partial charge in [-0.05, 0) is 18.2 Å². The minimum Gasteiger partial charge on any atom is -0.346 e. The van der Waals surface area contributed by atoms with E-state index in [1.54, 1.807) is 18.4 Å². The van der Waals surface area contributed by atoms with Crippen molar-refractivity contribution in [2.45, 2.75) is 19.9 Å². The SMILES string of the molecule is CC1(C)C(=O)C=CN2C=CC(C#N)=C[C@@H]21. The summed E-state index contributed by atoms with van der Waals surface area (Å²) in [7, 11) is 0. The van der Waals surface area contributed by atoms with Crippen molar-refractivity contribution in [1.29, 1.82) is 5.26 Å². The smallest absolute Gasteiger partial charge is 0.165 e. The number of fused-ring (bicyclic) bond motifs is 1. The molecule has 3 heteroatoms. The number of ketones is 1. The highest BCUT2D eigenvalue weighted by atomic mass is 16.1. The topological polar surface area (TPSA) is 44.1 Å². The van der Waals surface area contributed by atoms with Crippen molar-refractivity contribution in [2.75, 3.05) is 0 Å². The van der Waals surface area contributed by atoms with Gasteiger partial charge in [0, 0.05) is 12.4 Å². The zero-order valence-corrected chi connectivity index (χ0v) is 8.77. The van der Waals surface area contributed by atoms with Crippen LogP contribution in [-0.2, 0) is 4.79 Å². The summed E-state index contributed by atoms with van der Waals surface area (Å²) in [6.07, 6.45) is 8.80. The van der Waals surface area contributed by atoms with Crippen molar-refractivity contribution in [1.82, 2.24) is 4.90 Å². The van der Waals surface area contributed by atoms with Gasteiger partial charge in [0.2, 0.25) is 0 Å². The molecular formula is C12H12N2O. The van der Waals surface area contributed by atoms with Crippen LogP contribution in [0.5, 0.6) is 0 Å². The monoisotopic (exact) mass is 200 g/mol. The fourth-order valence-corrected chi connectivity index (χ4v) is 1.88. The van der Waals surface area contributed by atoms with E-state index < -0.39 is 5.41 Å². The number of carbonyl (C=O) groups is 1. The second-order valence-electron chi connectivity index (χ2n) is 4.34. The average Bonchev–Trinajstić information content (AvgIpc) is 2.24. The number of allylic oxidation sites excluding steroid dienone is 3. The molecule has 0 unspecified atom stereocenters. The molecule has 1 atom stereocenters. The number of hydrogen-bond acceptors (Lipinski definition) is 3. The van der Waals surface area contributed by atoms with Crippen molar-refractivity contribution in [3.8, 4) is 6.07 Å². The maximum absolute atomic E-state index is 11.7. The summed E-state index contributed by atoms with van der Waals surface area (Å²) in [5.41, 5.74) is 0.147. The molecule has 0 spiro atoms. The predicted molar refractivity (Wildman–Crippen MR) is 56.4 cm³/mol. The Labute approximate surface area is 89.0 Å². The van der Waals surface area contributed by atoms with Crippen LogP contribution in [0.2, 0.25) is 0 Å². The summed E-state index contributed by atoms with van der Waals surface area (Å²) in [4.78, 5) is 13.7. The first kappa shape index (κ1) is 9.72. The van der Waals surface area contributed by atoms with Crippen LogP contribution in [0.25, 0.3) is 0 Å². The summed E-state index contributed by atoms with van der Waals surface area (Å²) in [6, 6.07) is 2.06. The number of nitrogens with zero attached hydrogens (tertiary/aromatic N) is 2. The number of hydrogen-bond donors (Lipinski definition) is 0. The Morgan fingerprint density at radius 1 is 1.40 bits per heavy atom. The molecular weight excluding hydrogens is 188 g/mol. The molecule has 15 heavy (non-hydrogen) atoms. The quantitative estimate of drug-likeness (QED) is 0.598. The molecule has 0 amide bonds. The van der Waals surface area contributed by atoms with Crippen LogP contribution in [0.1, 0.15) is 13.8 Å². The van der Waals surface area contributed by atoms with Gasteiger partial charge in [-0.2, -0.15) is 5.26 Å². The molecule has 0 aromatic heterocycles. The van der Waals surface area contributed by atoms with E-state index in [0.717, 1.165) is 0 Å². The highest BCUT2D eigenvalue weighted by Gasteiger charge is 2.40. The molecule has 2 heterocycles. The van der Waals surface area contributed by atoms with E-state index in [1.165, 1.54) is 0 Å². The first-order chi connectivity index (χ1) is 7.05. The van der Waals surface area contributed by atoms with E-state index in [9.17, 15) is 4.79 Å². The maximum Gasteiger partial charge on any atom is 0.165 e. The third-order valence-electron chi connectivity index (χ3n) is 2.99. The molecule has 0 saturated carbocycles. The summed E-state index contributed by atoms with van der Waals surface area (Å²) >= 11 is 0. The zero-order chi connectivity index (χ0) is 11.1. The Morgan fingerprint density at radius 3 is 2.73 bits per heavy atom. The van der Waals surface area contributed by atoms with E-state index in [1.807, 2.05) is 31.0 Å². The molecule has 0 aromatic carbocycles. The Kier molecular flexibility index (Phi) is 2.01.